The molecule has 2 atom stereocenters. The molecule has 0 aromatic heterocycles. The lowest BCUT2D eigenvalue weighted by Crippen LogP contribution is -2.21. The van der Waals surface area contributed by atoms with Crippen LogP contribution in [-0.2, 0) is 30.3 Å². The third-order valence-corrected chi connectivity index (χ3v) is 3.21. The van der Waals surface area contributed by atoms with Crippen LogP contribution >= 0.6 is 0 Å². The van der Waals surface area contributed by atoms with Gasteiger partial charge in [-0.15, -0.1) is 0 Å². The van der Waals surface area contributed by atoms with Gasteiger partial charge in [0.25, 0.3) is 0 Å². The Bertz CT molecular complexity index is 416. The van der Waals surface area contributed by atoms with E-state index in [1.165, 1.54) is 0 Å². The molecule has 1 fully saturated rings. The number of epoxide rings is 1. The molecule has 1 aliphatic heterocycles. The smallest absolute Gasteiger partial charge is 0.189 e. The van der Waals surface area contributed by atoms with Crippen molar-refractivity contribution in [3.05, 3.63) is 35.9 Å². The van der Waals surface area contributed by atoms with Gasteiger partial charge in [0.05, 0.1) is 12.7 Å². The maximum absolute atomic E-state index is 11.8. The highest BCUT2D eigenvalue weighted by atomic mass is 16.7. The highest BCUT2D eigenvalue weighted by Crippen LogP contribution is 2.28. The summed E-state index contributed by atoms with van der Waals surface area (Å²) in [5.41, 5.74) is 1.05. The topological polar surface area (TPSA) is 57.3 Å². The second-order valence-corrected chi connectivity index (χ2v) is 4.68. The number of carbonyl (C=O) groups is 1. The summed E-state index contributed by atoms with van der Waals surface area (Å²) in [5.74, 6) is -0.0307. The lowest BCUT2D eigenvalue weighted by Gasteiger charge is -2.10. The first-order valence-corrected chi connectivity index (χ1v) is 6.60. The lowest BCUT2D eigenvalue weighted by molar-refractivity contribution is -0.125. The summed E-state index contributed by atoms with van der Waals surface area (Å²) in [6.45, 7) is 0.503. The van der Waals surface area contributed by atoms with E-state index in [-0.39, 0.29) is 30.9 Å². The highest BCUT2D eigenvalue weighted by Gasteiger charge is 2.45. The zero-order valence-corrected chi connectivity index (χ0v) is 11.8. The average Bonchev–Trinajstić information content (AvgIpc) is 3.25. The second kappa shape index (κ2) is 7.50. The third-order valence-electron chi connectivity index (χ3n) is 3.21. The molecule has 5 heteroatoms. The van der Waals surface area contributed by atoms with E-state index in [0.29, 0.717) is 13.0 Å². The first-order valence-electron chi connectivity index (χ1n) is 6.60. The molecule has 20 heavy (non-hydrogen) atoms. The van der Waals surface area contributed by atoms with E-state index in [1.807, 2.05) is 30.3 Å². The zero-order chi connectivity index (χ0) is 14.4. The van der Waals surface area contributed by atoms with Gasteiger partial charge in [0.1, 0.15) is 12.7 Å². The summed E-state index contributed by atoms with van der Waals surface area (Å²) in [5, 5.41) is 0. The number of benzene rings is 1. The summed E-state index contributed by atoms with van der Waals surface area (Å²) < 4.78 is 20.9. The number of Topliss-reactive ketones (excluding diaryl/α,β-unsaturated/α-hetero) is 1. The van der Waals surface area contributed by atoms with Crippen molar-refractivity contribution in [2.45, 2.75) is 31.5 Å². The molecule has 5 nitrogen and oxygen atoms in total. The van der Waals surface area contributed by atoms with Gasteiger partial charge in [0.15, 0.2) is 12.1 Å². The van der Waals surface area contributed by atoms with Gasteiger partial charge >= 0.3 is 0 Å². The molecule has 0 spiro atoms. The number of hydrogen-bond acceptors (Lipinski definition) is 5. The fraction of sp³-hybridized carbons (Fsp3) is 0.533. The Kier molecular flexibility index (Phi) is 5.67. The number of carbonyl (C=O) groups excluding carboxylic acids is 1. The van der Waals surface area contributed by atoms with Gasteiger partial charge in [-0.1, -0.05) is 30.3 Å². The van der Waals surface area contributed by atoms with Gasteiger partial charge in [-0.05, 0) is 5.56 Å². The van der Waals surface area contributed by atoms with E-state index in [9.17, 15) is 4.79 Å². The monoisotopic (exact) mass is 280 g/mol. The Balaban J connectivity index is 1.64. The van der Waals surface area contributed by atoms with Crippen LogP contribution in [0.3, 0.4) is 0 Å². The van der Waals surface area contributed by atoms with Gasteiger partial charge in [-0.3, -0.25) is 4.79 Å². The minimum absolute atomic E-state index is 0.0307. The first kappa shape index (κ1) is 15.1. The van der Waals surface area contributed by atoms with E-state index in [1.54, 1.807) is 14.2 Å². The van der Waals surface area contributed by atoms with Gasteiger partial charge < -0.3 is 18.9 Å². The predicted molar refractivity (Wildman–Crippen MR) is 72.2 cm³/mol. The van der Waals surface area contributed by atoms with Gasteiger partial charge in [-0.25, -0.2) is 0 Å². The molecule has 0 aliphatic carbocycles. The quantitative estimate of drug-likeness (QED) is 0.507. The molecule has 0 bridgehead atoms. The normalized spacial score (nSPS) is 21.1. The Labute approximate surface area is 118 Å². The largest absolute Gasteiger partial charge is 0.369 e. The summed E-state index contributed by atoms with van der Waals surface area (Å²) in [6, 6.07) is 9.75. The summed E-state index contributed by atoms with van der Waals surface area (Å²) in [6.07, 6.45) is -0.267. The van der Waals surface area contributed by atoms with Crippen molar-refractivity contribution < 1.29 is 23.7 Å². The van der Waals surface area contributed by atoms with Crippen LogP contribution in [0.5, 0.6) is 0 Å². The second-order valence-electron chi connectivity index (χ2n) is 4.68. The molecule has 1 aromatic carbocycles. The number of hydrogen-bond donors (Lipinski definition) is 0. The molecule has 1 aromatic rings. The highest BCUT2D eigenvalue weighted by molar-refractivity contribution is 5.87. The predicted octanol–water partition coefficient (Wildman–Crippen LogP) is 1.55. The van der Waals surface area contributed by atoms with E-state index in [0.717, 1.165) is 5.56 Å². The van der Waals surface area contributed by atoms with Crippen molar-refractivity contribution in [1.29, 1.82) is 0 Å². The molecule has 0 radical (unpaired) electrons. The van der Waals surface area contributed by atoms with Gasteiger partial charge in [-0.2, -0.15) is 0 Å². The lowest BCUT2D eigenvalue weighted by atomic mass is 10.2. The fourth-order valence-electron chi connectivity index (χ4n) is 2.01. The maximum Gasteiger partial charge on any atom is 0.189 e. The van der Waals surface area contributed by atoms with Crippen LogP contribution in [0.15, 0.2) is 30.3 Å². The molecule has 1 saturated heterocycles. The van der Waals surface area contributed by atoms with Gasteiger partial charge in [0, 0.05) is 20.6 Å². The number of rotatable bonds is 9. The Hall–Kier alpha value is -1.27. The Morgan fingerprint density at radius 1 is 1.25 bits per heavy atom. The van der Waals surface area contributed by atoms with Crippen LogP contribution in [0.1, 0.15) is 12.0 Å². The zero-order valence-electron chi connectivity index (χ0n) is 11.8. The van der Waals surface area contributed by atoms with Crippen molar-refractivity contribution in [2.24, 2.45) is 0 Å². The van der Waals surface area contributed by atoms with Crippen molar-refractivity contribution in [2.75, 3.05) is 20.8 Å². The number of ketones is 1. The fourth-order valence-corrected chi connectivity index (χ4v) is 2.01. The van der Waals surface area contributed by atoms with E-state index < -0.39 is 0 Å². The molecule has 0 N–H and O–H groups in total. The summed E-state index contributed by atoms with van der Waals surface area (Å²) in [4.78, 5) is 11.8. The Morgan fingerprint density at radius 3 is 2.60 bits per heavy atom. The molecule has 110 valence electrons. The molecule has 2 rings (SSSR count). The molecular formula is C15H20O5. The molecule has 1 aliphatic rings. The first-order chi connectivity index (χ1) is 9.74. The van der Waals surface area contributed by atoms with Crippen molar-refractivity contribution >= 4 is 5.78 Å². The Morgan fingerprint density at radius 2 is 1.95 bits per heavy atom. The SMILES string of the molecule is COC(C[C@@H]1O[C@H]1C(=O)COCc1ccccc1)OC. The minimum Gasteiger partial charge on any atom is -0.369 e. The minimum atomic E-state index is -0.376. The van der Waals surface area contributed by atoms with Crippen molar-refractivity contribution in [3.63, 3.8) is 0 Å². The molecule has 0 saturated carbocycles. The molecule has 1 heterocycles. The summed E-state index contributed by atoms with van der Waals surface area (Å²) in [7, 11) is 3.13. The van der Waals surface area contributed by atoms with Crippen LogP contribution in [0, 0.1) is 0 Å². The summed E-state index contributed by atoms with van der Waals surface area (Å²) >= 11 is 0. The van der Waals surface area contributed by atoms with Crippen LogP contribution in [0.4, 0.5) is 0 Å². The van der Waals surface area contributed by atoms with Gasteiger partial charge in [0.2, 0.25) is 0 Å². The standard InChI is InChI=1S/C15H20O5/c1-17-14(18-2)8-13-15(20-13)12(16)10-19-9-11-6-4-3-5-7-11/h3-7,13-15H,8-10H2,1-2H3/t13-,15-/m0/s1. The van der Waals surface area contributed by atoms with Crippen LogP contribution in [0.25, 0.3) is 0 Å². The van der Waals surface area contributed by atoms with Crippen LogP contribution in [0.2, 0.25) is 0 Å². The number of ether oxygens (including phenoxy) is 4. The maximum atomic E-state index is 11.8. The van der Waals surface area contributed by atoms with E-state index in [4.69, 9.17) is 18.9 Å². The van der Waals surface area contributed by atoms with Crippen molar-refractivity contribution in [1.82, 2.24) is 0 Å². The van der Waals surface area contributed by atoms with Crippen LogP contribution < -0.4 is 0 Å². The third kappa shape index (κ3) is 4.38. The molecular weight excluding hydrogens is 260 g/mol. The van der Waals surface area contributed by atoms with E-state index >= 15 is 0 Å². The number of methoxy groups -OCH3 is 2. The average molecular weight is 280 g/mol. The molecule has 0 amide bonds. The molecule has 0 unspecified atom stereocenters. The van der Waals surface area contributed by atoms with Crippen molar-refractivity contribution in [3.8, 4) is 0 Å². The van der Waals surface area contributed by atoms with E-state index in [2.05, 4.69) is 0 Å². The van der Waals surface area contributed by atoms with Crippen LogP contribution in [-0.4, -0.2) is 45.1 Å².